The molecule has 0 spiro atoms. The molecule has 0 aliphatic rings. The molecule has 3 atom stereocenters. The summed E-state index contributed by atoms with van der Waals surface area (Å²) < 4.78 is 0. The fraction of sp³-hybridized carbons (Fsp3) is 1.00. The van der Waals surface area contributed by atoms with Crippen molar-refractivity contribution in [3.8, 4) is 0 Å². The van der Waals surface area contributed by atoms with Gasteiger partial charge in [-0.15, -0.1) is 18.5 Å². The summed E-state index contributed by atoms with van der Waals surface area (Å²) in [5.74, 6) is 3.41. The first kappa shape index (κ1) is 31.2. The van der Waals surface area contributed by atoms with E-state index in [9.17, 15) is 0 Å². The number of hydrogen-bond donors (Lipinski definition) is 1. The number of unbranched alkanes of at least 4 members (excludes halogenated alkanes) is 5. The Morgan fingerprint density at radius 3 is 2.00 bits per heavy atom. The summed E-state index contributed by atoms with van der Waals surface area (Å²) >= 11 is 2.14. The summed E-state index contributed by atoms with van der Waals surface area (Å²) in [6.07, 6.45) is 16.8. The van der Waals surface area contributed by atoms with E-state index >= 15 is 0 Å². The minimum atomic E-state index is 0.352. The van der Waals surface area contributed by atoms with Gasteiger partial charge in [0, 0.05) is 6.61 Å². The van der Waals surface area contributed by atoms with Gasteiger partial charge in [0.05, 0.1) is 0 Å². The zero-order chi connectivity index (χ0) is 23.1. The average molecular weight is 479 g/mol. The van der Waals surface area contributed by atoms with E-state index in [1.165, 1.54) is 88.3 Å². The Balaban J connectivity index is 4.61. The predicted octanol–water partition coefficient (Wildman–Crippen LogP) is 8.59. The quantitative estimate of drug-likeness (QED) is 0.140. The van der Waals surface area contributed by atoms with Crippen LogP contribution in [0.3, 0.4) is 0 Å². The number of thioether (sulfide) groups is 1. The van der Waals surface area contributed by atoms with Crippen LogP contribution in [0.1, 0.15) is 119 Å². The Morgan fingerprint density at radius 1 is 0.767 bits per heavy atom. The smallest absolute Gasteiger partial charge is 0.0431 e. The second kappa shape index (κ2) is 16.7. The largest absolute Gasteiger partial charge is 0.396 e. The Kier molecular flexibility index (Phi) is 17.4. The standard InChI is InChI=1S/C26H56OP2S/c1-24(2,17-21-30-20-13-8-7-11-18-27)22-23(14-10-9-12-19-28)25(3,4)15-16-26(5,6)29/h23,27H,7-22,28-29H2,1-6H3. The third-order valence-corrected chi connectivity index (χ3v) is 8.46. The minimum absolute atomic E-state index is 0.352. The molecule has 0 amide bonds. The molecule has 0 aliphatic heterocycles. The van der Waals surface area contributed by atoms with E-state index in [2.05, 4.69) is 71.8 Å². The lowest BCUT2D eigenvalue weighted by Gasteiger charge is -2.41. The zero-order valence-corrected chi connectivity index (χ0v) is 24.5. The van der Waals surface area contributed by atoms with Crippen LogP contribution in [-0.2, 0) is 0 Å². The van der Waals surface area contributed by atoms with Crippen LogP contribution in [0.25, 0.3) is 0 Å². The van der Waals surface area contributed by atoms with Crippen LogP contribution in [0.5, 0.6) is 0 Å². The first-order chi connectivity index (χ1) is 13.9. The number of hydrogen-bond acceptors (Lipinski definition) is 2. The molecule has 1 nitrogen and oxygen atoms in total. The highest BCUT2D eigenvalue weighted by Gasteiger charge is 2.34. The summed E-state index contributed by atoms with van der Waals surface area (Å²) in [4.78, 5) is 0. The van der Waals surface area contributed by atoms with Crippen LogP contribution in [0.2, 0.25) is 0 Å². The third-order valence-electron chi connectivity index (χ3n) is 6.69. The lowest BCUT2D eigenvalue weighted by molar-refractivity contribution is 0.111. The Morgan fingerprint density at radius 2 is 1.40 bits per heavy atom. The lowest BCUT2D eigenvalue weighted by atomic mass is 9.65. The highest BCUT2D eigenvalue weighted by atomic mass is 32.2. The van der Waals surface area contributed by atoms with Crippen molar-refractivity contribution in [2.24, 2.45) is 16.7 Å². The topological polar surface area (TPSA) is 20.2 Å². The van der Waals surface area contributed by atoms with Crippen LogP contribution < -0.4 is 0 Å². The monoisotopic (exact) mass is 478 g/mol. The van der Waals surface area contributed by atoms with Gasteiger partial charge >= 0.3 is 0 Å². The molecule has 0 fully saturated rings. The number of aliphatic hydroxyl groups is 1. The molecule has 3 unspecified atom stereocenters. The normalized spacial score (nSPS) is 14.3. The van der Waals surface area contributed by atoms with Crippen LogP contribution in [0.4, 0.5) is 0 Å². The summed E-state index contributed by atoms with van der Waals surface area (Å²) in [6, 6.07) is 0. The van der Waals surface area contributed by atoms with E-state index in [-0.39, 0.29) is 0 Å². The summed E-state index contributed by atoms with van der Waals surface area (Å²) in [5.41, 5.74) is 0.856. The zero-order valence-electron chi connectivity index (χ0n) is 21.4. The second-order valence-electron chi connectivity index (χ2n) is 11.7. The molecule has 0 saturated heterocycles. The third kappa shape index (κ3) is 17.7. The molecule has 0 aromatic rings. The first-order valence-electron chi connectivity index (χ1n) is 12.6. The molecule has 4 heteroatoms. The van der Waals surface area contributed by atoms with E-state index in [1.807, 2.05) is 0 Å². The maximum Gasteiger partial charge on any atom is 0.0431 e. The van der Waals surface area contributed by atoms with Gasteiger partial charge in [-0.2, -0.15) is 11.8 Å². The molecule has 1 N–H and O–H groups in total. The average Bonchev–Trinajstić information content (AvgIpc) is 2.64. The number of aliphatic hydroxyl groups excluding tert-OH is 1. The van der Waals surface area contributed by atoms with Gasteiger partial charge in [0.25, 0.3) is 0 Å². The van der Waals surface area contributed by atoms with E-state index in [0.29, 0.717) is 22.6 Å². The summed E-state index contributed by atoms with van der Waals surface area (Å²) in [7, 11) is 5.93. The van der Waals surface area contributed by atoms with E-state index < -0.39 is 0 Å². The molecule has 0 aromatic carbocycles. The molecule has 0 heterocycles. The van der Waals surface area contributed by atoms with Gasteiger partial charge in [-0.1, -0.05) is 67.2 Å². The maximum absolute atomic E-state index is 8.87. The molecular formula is C26H56OP2S. The molecule has 0 aliphatic carbocycles. The van der Waals surface area contributed by atoms with Crippen molar-refractivity contribution in [3.63, 3.8) is 0 Å². The van der Waals surface area contributed by atoms with Crippen molar-refractivity contribution in [3.05, 3.63) is 0 Å². The van der Waals surface area contributed by atoms with Crippen molar-refractivity contribution in [1.82, 2.24) is 0 Å². The van der Waals surface area contributed by atoms with E-state index in [4.69, 9.17) is 5.11 Å². The molecule has 0 bridgehead atoms. The van der Waals surface area contributed by atoms with Gasteiger partial charge < -0.3 is 5.11 Å². The van der Waals surface area contributed by atoms with Crippen LogP contribution in [0, 0.1) is 16.7 Å². The molecule has 30 heavy (non-hydrogen) atoms. The van der Waals surface area contributed by atoms with Crippen molar-refractivity contribution < 1.29 is 5.11 Å². The molecule has 0 saturated carbocycles. The summed E-state index contributed by atoms with van der Waals surface area (Å²) in [5, 5.41) is 9.22. The van der Waals surface area contributed by atoms with Gasteiger partial charge in [-0.05, 0) is 90.9 Å². The van der Waals surface area contributed by atoms with Crippen LogP contribution in [0.15, 0.2) is 0 Å². The highest BCUT2D eigenvalue weighted by molar-refractivity contribution is 7.99. The highest BCUT2D eigenvalue weighted by Crippen LogP contribution is 2.45. The van der Waals surface area contributed by atoms with Crippen molar-refractivity contribution in [2.75, 3.05) is 24.3 Å². The molecule has 182 valence electrons. The van der Waals surface area contributed by atoms with Gasteiger partial charge in [0.15, 0.2) is 0 Å². The maximum atomic E-state index is 8.87. The Bertz CT molecular complexity index is 404. The van der Waals surface area contributed by atoms with Gasteiger partial charge in [-0.25, -0.2) is 0 Å². The molecule has 0 aromatic heterocycles. The van der Waals surface area contributed by atoms with Crippen LogP contribution >= 0.6 is 30.2 Å². The van der Waals surface area contributed by atoms with Crippen molar-refractivity contribution >= 4 is 30.2 Å². The molecular weight excluding hydrogens is 422 g/mol. The fourth-order valence-electron chi connectivity index (χ4n) is 4.22. The Labute approximate surface area is 199 Å². The van der Waals surface area contributed by atoms with E-state index in [0.717, 1.165) is 12.3 Å². The van der Waals surface area contributed by atoms with Crippen LogP contribution in [-0.4, -0.2) is 34.5 Å². The molecule has 0 rings (SSSR count). The van der Waals surface area contributed by atoms with Crippen molar-refractivity contribution in [2.45, 2.75) is 124 Å². The van der Waals surface area contributed by atoms with E-state index in [1.54, 1.807) is 0 Å². The first-order valence-corrected chi connectivity index (χ1v) is 15.2. The Hall–Kier alpha value is 1.17. The van der Waals surface area contributed by atoms with Crippen molar-refractivity contribution in [1.29, 1.82) is 0 Å². The number of rotatable bonds is 20. The summed E-state index contributed by atoms with van der Waals surface area (Å²) in [6.45, 7) is 15.2. The SMILES string of the molecule is CC(C)(P)CCC(C)(C)C(CCCCCP)CC(C)(C)CCSCCCCCCO. The van der Waals surface area contributed by atoms with Gasteiger partial charge in [0.2, 0.25) is 0 Å². The molecule has 0 radical (unpaired) electrons. The van der Waals surface area contributed by atoms with Gasteiger partial charge in [-0.3, -0.25) is 0 Å². The minimum Gasteiger partial charge on any atom is -0.396 e. The predicted molar refractivity (Wildman–Crippen MR) is 149 cm³/mol. The lowest BCUT2D eigenvalue weighted by Crippen LogP contribution is -2.31. The fourth-order valence-corrected chi connectivity index (χ4v) is 5.96. The van der Waals surface area contributed by atoms with Gasteiger partial charge in [0.1, 0.15) is 0 Å². The second-order valence-corrected chi connectivity index (χ2v) is 15.0.